The fraction of sp³-hybridized carbons (Fsp3) is 0.278. The molecule has 0 saturated heterocycles. The molecule has 1 aliphatic heterocycles. The number of benzene rings is 2. The van der Waals surface area contributed by atoms with E-state index in [9.17, 15) is 4.79 Å². The zero-order chi connectivity index (χ0) is 17.1. The van der Waals surface area contributed by atoms with Gasteiger partial charge in [-0.1, -0.05) is 29.8 Å². The average molecular weight is 348 g/mol. The Kier molecular flexibility index (Phi) is 4.81. The molecule has 0 fully saturated rings. The highest BCUT2D eigenvalue weighted by Gasteiger charge is 2.21. The minimum atomic E-state index is -0.153. The van der Waals surface area contributed by atoms with Crippen LogP contribution in [0.1, 0.15) is 15.9 Å². The van der Waals surface area contributed by atoms with Gasteiger partial charge in [-0.25, -0.2) is 0 Å². The normalized spacial score (nSPS) is 12.6. The van der Waals surface area contributed by atoms with E-state index in [1.54, 1.807) is 31.2 Å². The van der Waals surface area contributed by atoms with Gasteiger partial charge in [0.2, 0.25) is 0 Å². The molecule has 1 amide bonds. The van der Waals surface area contributed by atoms with Gasteiger partial charge in [0, 0.05) is 24.7 Å². The highest BCUT2D eigenvalue weighted by atomic mass is 35.5. The Bertz CT molecular complexity index is 763. The molecule has 0 bridgehead atoms. The number of hydrogen-bond donors (Lipinski definition) is 0. The maximum Gasteiger partial charge on any atom is 0.254 e. The molecular formula is C18H18ClNO4. The van der Waals surface area contributed by atoms with Gasteiger partial charge in [-0.3, -0.25) is 4.79 Å². The molecule has 2 aromatic carbocycles. The molecule has 1 heterocycles. The van der Waals surface area contributed by atoms with E-state index in [1.807, 2.05) is 24.3 Å². The molecule has 0 unspecified atom stereocenters. The Morgan fingerprint density at radius 3 is 2.79 bits per heavy atom. The molecule has 0 radical (unpaired) electrons. The predicted molar refractivity (Wildman–Crippen MR) is 91.2 cm³/mol. The van der Waals surface area contributed by atoms with Crippen LogP contribution in [0.5, 0.6) is 17.2 Å². The lowest BCUT2D eigenvalue weighted by atomic mass is 10.1. The number of carbonyl (C=O) groups excluding carboxylic acids is 1. The molecule has 2 aromatic rings. The van der Waals surface area contributed by atoms with Crippen molar-refractivity contribution in [3.63, 3.8) is 0 Å². The smallest absolute Gasteiger partial charge is 0.254 e. The van der Waals surface area contributed by atoms with Crippen LogP contribution in [0.3, 0.4) is 0 Å². The Morgan fingerprint density at radius 1 is 1.25 bits per heavy atom. The molecule has 0 aliphatic carbocycles. The number of amides is 1. The van der Waals surface area contributed by atoms with Gasteiger partial charge >= 0.3 is 0 Å². The monoisotopic (exact) mass is 347 g/mol. The van der Waals surface area contributed by atoms with E-state index >= 15 is 0 Å². The molecular weight excluding hydrogens is 330 g/mol. The second-order valence-corrected chi connectivity index (χ2v) is 5.86. The summed E-state index contributed by atoms with van der Waals surface area (Å²) in [5.41, 5.74) is 1.39. The molecule has 0 aromatic heterocycles. The minimum Gasteiger partial charge on any atom is -0.496 e. The van der Waals surface area contributed by atoms with E-state index in [-0.39, 0.29) is 5.91 Å². The van der Waals surface area contributed by atoms with E-state index in [0.717, 1.165) is 11.3 Å². The lowest BCUT2D eigenvalue weighted by molar-refractivity contribution is 0.0783. The first-order valence-corrected chi connectivity index (χ1v) is 7.94. The van der Waals surface area contributed by atoms with E-state index in [1.165, 1.54) is 0 Å². The summed E-state index contributed by atoms with van der Waals surface area (Å²) >= 11 is 6.21. The topological polar surface area (TPSA) is 48.0 Å². The van der Waals surface area contributed by atoms with Crippen LogP contribution in [-0.4, -0.2) is 38.2 Å². The molecule has 0 spiro atoms. The number of methoxy groups -OCH3 is 1. The fourth-order valence-corrected chi connectivity index (χ4v) is 2.88. The molecule has 0 atom stereocenters. The number of nitrogens with zero attached hydrogens (tertiary/aromatic N) is 1. The first-order chi connectivity index (χ1) is 11.6. The summed E-state index contributed by atoms with van der Waals surface area (Å²) < 4.78 is 16.3. The van der Waals surface area contributed by atoms with Crippen molar-refractivity contribution < 1.29 is 19.0 Å². The van der Waals surface area contributed by atoms with Crippen molar-refractivity contribution in [3.8, 4) is 17.2 Å². The van der Waals surface area contributed by atoms with Crippen LogP contribution >= 0.6 is 11.6 Å². The van der Waals surface area contributed by atoms with Crippen molar-refractivity contribution in [3.05, 3.63) is 52.5 Å². The maximum absolute atomic E-state index is 12.7. The molecule has 3 rings (SSSR count). The lowest BCUT2D eigenvalue weighted by Crippen LogP contribution is -2.26. The number of halogens is 1. The van der Waals surface area contributed by atoms with Crippen molar-refractivity contribution >= 4 is 17.5 Å². The molecule has 6 heteroatoms. The summed E-state index contributed by atoms with van der Waals surface area (Å²) in [5, 5.41) is 0.376. The molecule has 5 nitrogen and oxygen atoms in total. The second-order valence-electron chi connectivity index (χ2n) is 5.46. The Morgan fingerprint density at radius 2 is 2.00 bits per heavy atom. The quantitative estimate of drug-likeness (QED) is 0.850. The third-order valence-corrected chi connectivity index (χ3v) is 4.07. The predicted octanol–water partition coefficient (Wildman–Crippen LogP) is 3.39. The van der Waals surface area contributed by atoms with Gasteiger partial charge in [0.25, 0.3) is 5.91 Å². The van der Waals surface area contributed by atoms with E-state index in [4.69, 9.17) is 25.8 Å². The van der Waals surface area contributed by atoms with Crippen molar-refractivity contribution in [2.24, 2.45) is 0 Å². The zero-order valence-electron chi connectivity index (χ0n) is 13.5. The third-order valence-electron chi connectivity index (χ3n) is 3.79. The molecule has 0 N–H and O–H groups in total. The summed E-state index contributed by atoms with van der Waals surface area (Å²) in [6.45, 7) is 1.32. The van der Waals surface area contributed by atoms with Gasteiger partial charge in [0.15, 0.2) is 11.5 Å². The third kappa shape index (κ3) is 3.26. The Hall–Kier alpha value is -2.40. The summed E-state index contributed by atoms with van der Waals surface area (Å²) in [6.07, 6.45) is 0. The molecule has 1 aliphatic rings. The van der Waals surface area contributed by atoms with Crippen LogP contribution in [0.4, 0.5) is 0 Å². The number of ether oxygens (including phenoxy) is 3. The number of hydrogen-bond acceptors (Lipinski definition) is 4. The van der Waals surface area contributed by atoms with E-state index in [2.05, 4.69) is 0 Å². The lowest BCUT2D eigenvalue weighted by Gasteiger charge is -2.22. The van der Waals surface area contributed by atoms with Crippen LogP contribution in [0.2, 0.25) is 5.02 Å². The minimum absolute atomic E-state index is 0.153. The zero-order valence-corrected chi connectivity index (χ0v) is 14.3. The Balaban J connectivity index is 1.82. The van der Waals surface area contributed by atoms with Gasteiger partial charge < -0.3 is 19.1 Å². The van der Waals surface area contributed by atoms with Crippen LogP contribution in [0.15, 0.2) is 36.4 Å². The summed E-state index contributed by atoms with van der Waals surface area (Å²) in [4.78, 5) is 14.3. The maximum atomic E-state index is 12.7. The first-order valence-electron chi connectivity index (χ1n) is 7.56. The van der Waals surface area contributed by atoms with Crippen LogP contribution in [0.25, 0.3) is 0 Å². The van der Waals surface area contributed by atoms with Gasteiger partial charge in [0.1, 0.15) is 19.0 Å². The van der Waals surface area contributed by atoms with E-state index in [0.29, 0.717) is 41.8 Å². The van der Waals surface area contributed by atoms with Crippen LogP contribution in [0, 0.1) is 0 Å². The van der Waals surface area contributed by atoms with Crippen molar-refractivity contribution in [1.29, 1.82) is 0 Å². The molecule has 0 saturated carbocycles. The summed E-state index contributed by atoms with van der Waals surface area (Å²) in [6, 6.07) is 10.9. The molecule has 24 heavy (non-hydrogen) atoms. The van der Waals surface area contributed by atoms with Gasteiger partial charge in [-0.05, 0) is 18.2 Å². The molecule has 126 valence electrons. The summed E-state index contributed by atoms with van der Waals surface area (Å²) in [7, 11) is 3.35. The van der Waals surface area contributed by atoms with Crippen molar-refractivity contribution in [2.75, 3.05) is 27.4 Å². The van der Waals surface area contributed by atoms with Crippen LogP contribution in [-0.2, 0) is 6.54 Å². The Labute approximate surface area is 145 Å². The van der Waals surface area contributed by atoms with E-state index < -0.39 is 0 Å². The highest BCUT2D eigenvalue weighted by molar-refractivity contribution is 6.32. The van der Waals surface area contributed by atoms with Gasteiger partial charge in [0.05, 0.1) is 12.1 Å². The number of para-hydroxylation sites is 1. The summed E-state index contributed by atoms with van der Waals surface area (Å²) in [5.74, 6) is 1.59. The average Bonchev–Trinajstić information content (AvgIpc) is 2.61. The first kappa shape index (κ1) is 16.5. The number of rotatable bonds is 4. The number of carbonyl (C=O) groups is 1. The van der Waals surface area contributed by atoms with Crippen LogP contribution < -0.4 is 14.2 Å². The van der Waals surface area contributed by atoms with Crippen molar-refractivity contribution in [2.45, 2.75) is 6.54 Å². The highest BCUT2D eigenvalue weighted by Crippen LogP contribution is 2.38. The van der Waals surface area contributed by atoms with Gasteiger partial charge in [-0.2, -0.15) is 0 Å². The second kappa shape index (κ2) is 7.01. The fourth-order valence-electron chi connectivity index (χ4n) is 2.62. The largest absolute Gasteiger partial charge is 0.496 e. The standard InChI is InChI=1S/C18H18ClNO4/c1-20(11-12-5-3-4-6-15(12)22-2)18(21)13-9-14(19)17-16(10-13)23-7-8-24-17/h3-6,9-10H,7-8,11H2,1-2H3. The van der Waals surface area contributed by atoms with Crippen molar-refractivity contribution in [1.82, 2.24) is 4.90 Å². The SMILES string of the molecule is COc1ccccc1CN(C)C(=O)c1cc(Cl)c2c(c1)OCCO2. The number of fused-ring (bicyclic) bond motifs is 1. The van der Waals surface area contributed by atoms with Gasteiger partial charge in [-0.15, -0.1) is 0 Å².